The Morgan fingerprint density at radius 1 is 1.11 bits per heavy atom. The lowest BCUT2D eigenvalue weighted by molar-refractivity contribution is 0.0206. The minimum absolute atomic E-state index is 0.505. The zero-order valence-corrected chi connectivity index (χ0v) is 11.9. The first kappa shape index (κ1) is 14.5. The van der Waals surface area contributed by atoms with Crippen molar-refractivity contribution in [3.05, 3.63) is 0 Å². The molecule has 0 radical (unpaired) electrons. The van der Waals surface area contributed by atoms with Crippen LogP contribution in [0.1, 0.15) is 13.3 Å². The van der Waals surface area contributed by atoms with Crippen molar-refractivity contribution < 1.29 is 0 Å². The molecule has 0 saturated carbocycles. The topological polar surface area (TPSA) is 69.7 Å². The monoisotopic (exact) mass is 269 g/mol. The van der Waals surface area contributed by atoms with E-state index >= 15 is 0 Å². The van der Waals surface area contributed by atoms with Gasteiger partial charge in [-0.25, -0.2) is 10.0 Å². The number of hydrazine groups is 2. The van der Waals surface area contributed by atoms with Gasteiger partial charge >= 0.3 is 0 Å². The van der Waals surface area contributed by atoms with Crippen LogP contribution in [0.25, 0.3) is 0 Å². The predicted molar refractivity (Wildman–Crippen MR) is 76.7 cm³/mol. The summed E-state index contributed by atoms with van der Waals surface area (Å²) in [4.78, 5) is 0. The third-order valence-corrected chi connectivity index (χ3v) is 3.51. The predicted octanol–water partition coefficient (Wildman–Crippen LogP) is -1.14. The van der Waals surface area contributed by atoms with Crippen molar-refractivity contribution >= 4 is 5.96 Å². The van der Waals surface area contributed by atoms with E-state index in [1.165, 1.54) is 0 Å². The highest BCUT2D eigenvalue weighted by atomic mass is 15.7. The Kier molecular flexibility index (Phi) is 5.84. The van der Waals surface area contributed by atoms with Gasteiger partial charge in [0.25, 0.3) is 0 Å². The maximum Gasteiger partial charge on any atom is 0.220 e. The van der Waals surface area contributed by atoms with E-state index in [1.54, 1.807) is 0 Å². The van der Waals surface area contributed by atoms with E-state index in [0.29, 0.717) is 5.96 Å². The van der Waals surface area contributed by atoms with Gasteiger partial charge in [-0.15, -0.1) is 0 Å². The fourth-order valence-corrected chi connectivity index (χ4v) is 2.49. The molecule has 110 valence electrons. The van der Waals surface area contributed by atoms with Crippen LogP contribution in [0.2, 0.25) is 0 Å². The Hall–Kier alpha value is -0.890. The normalized spacial score (nSPS) is 22.2. The summed E-state index contributed by atoms with van der Waals surface area (Å²) in [6.45, 7) is 10.9. The van der Waals surface area contributed by atoms with Gasteiger partial charge in [0.05, 0.1) is 0 Å². The van der Waals surface area contributed by atoms with Crippen molar-refractivity contribution in [2.24, 2.45) is 0 Å². The molecule has 19 heavy (non-hydrogen) atoms. The van der Waals surface area contributed by atoms with E-state index < -0.39 is 0 Å². The van der Waals surface area contributed by atoms with E-state index in [0.717, 1.165) is 65.3 Å². The molecule has 0 aromatic rings. The number of rotatable bonds is 4. The number of piperazine rings is 2. The van der Waals surface area contributed by atoms with Gasteiger partial charge in [-0.3, -0.25) is 15.8 Å². The van der Waals surface area contributed by atoms with Gasteiger partial charge in [0.2, 0.25) is 5.96 Å². The Morgan fingerprint density at radius 3 is 2.26 bits per heavy atom. The van der Waals surface area contributed by atoms with Gasteiger partial charge in [0, 0.05) is 58.9 Å². The molecule has 2 rings (SSSR count). The molecule has 2 saturated heterocycles. The average Bonchev–Trinajstić information content (AvgIpc) is 2.46. The molecule has 2 aliphatic rings. The number of nitrogens with one attached hydrogen (secondary N) is 4. The fraction of sp³-hybridized carbons (Fsp3) is 0.917. The van der Waals surface area contributed by atoms with Crippen LogP contribution in [0.5, 0.6) is 0 Å². The lowest BCUT2D eigenvalue weighted by atomic mass is 10.4. The van der Waals surface area contributed by atoms with E-state index in [2.05, 4.69) is 38.0 Å². The molecule has 0 unspecified atom stereocenters. The number of nitrogens with zero attached hydrogens (tertiary/aromatic N) is 3. The summed E-state index contributed by atoms with van der Waals surface area (Å²) in [5.74, 6) is 0.505. The third kappa shape index (κ3) is 4.31. The fourth-order valence-electron chi connectivity index (χ4n) is 2.49. The van der Waals surface area contributed by atoms with Gasteiger partial charge < -0.3 is 10.6 Å². The Morgan fingerprint density at radius 2 is 1.68 bits per heavy atom. The Balaban J connectivity index is 1.87. The first-order chi connectivity index (χ1) is 9.31. The van der Waals surface area contributed by atoms with E-state index in [-0.39, 0.29) is 0 Å². The highest BCUT2D eigenvalue weighted by molar-refractivity contribution is 5.75. The van der Waals surface area contributed by atoms with Gasteiger partial charge in [-0.2, -0.15) is 0 Å². The van der Waals surface area contributed by atoms with Gasteiger partial charge in [-0.1, -0.05) is 6.92 Å². The summed E-state index contributed by atoms with van der Waals surface area (Å²) in [6, 6.07) is 0. The summed E-state index contributed by atoms with van der Waals surface area (Å²) < 4.78 is 0. The molecule has 0 spiro atoms. The maximum atomic E-state index is 8.31. The molecular weight excluding hydrogens is 242 g/mol. The molecule has 7 nitrogen and oxygen atoms in total. The van der Waals surface area contributed by atoms with Crippen LogP contribution in [0.4, 0.5) is 0 Å². The molecule has 0 atom stereocenters. The molecule has 4 N–H and O–H groups in total. The third-order valence-electron chi connectivity index (χ3n) is 3.51. The molecule has 0 aromatic carbocycles. The molecule has 0 aromatic heterocycles. The number of hydrogen-bond donors (Lipinski definition) is 4. The highest BCUT2D eigenvalue weighted by Gasteiger charge is 2.21. The standard InChI is InChI=1S/C12H27N7/c1-2-7-19(18-10-5-15-6-11-18)12(13)16-17-8-3-14-4-9-17/h14-15H,2-11H2,1H3,(H2,13,16). The van der Waals surface area contributed by atoms with E-state index in [1.807, 2.05) is 0 Å². The molecule has 2 heterocycles. The molecule has 0 aliphatic carbocycles. The lowest BCUT2D eigenvalue weighted by Crippen LogP contribution is -2.61. The van der Waals surface area contributed by atoms with Crippen molar-refractivity contribution in [1.82, 2.24) is 31.1 Å². The van der Waals surface area contributed by atoms with E-state index in [9.17, 15) is 0 Å². The quantitative estimate of drug-likeness (QED) is 0.382. The van der Waals surface area contributed by atoms with Crippen LogP contribution in [0, 0.1) is 5.41 Å². The maximum absolute atomic E-state index is 8.31. The zero-order chi connectivity index (χ0) is 13.5. The summed E-state index contributed by atoms with van der Waals surface area (Å²) in [7, 11) is 0. The summed E-state index contributed by atoms with van der Waals surface area (Å²) in [6.07, 6.45) is 1.05. The average molecular weight is 269 g/mol. The van der Waals surface area contributed by atoms with Crippen LogP contribution in [-0.4, -0.2) is 79.9 Å². The molecule has 2 fully saturated rings. The largest absolute Gasteiger partial charge is 0.314 e. The zero-order valence-electron chi connectivity index (χ0n) is 11.9. The SMILES string of the molecule is CCCN(C(=N)NN1CCNCC1)N1CCNCC1. The van der Waals surface area contributed by atoms with Crippen LogP contribution in [-0.2, 0) is 0 Å². The van der Waals surface area contributed by atoms with Crippen molar-refractivity contribution in [3.63, 3.8) is 0 Å². The molecule has 0 bridgehead atoms. The first-order valence-electron chi connectivity index (χ1n) is 7.35. The summed E-state index contributed by atoms with van der Waals surface area (Å²) >= 11 is 0. The van der Waals surface area contributed by atoms with Crippen molar-refractivity contribution in [2.45, 2.75) is 13.3 Å². The molecular formula is C12H27N7. The molecule has 7 heteroatoms. The first-order valence-corrected chi connectivity index (χ1v) is 7.35. The van der Waals surface area contributed by atoms with E-state index in [4.69, 9.17) is 5.41 Å². The Labute approximate surface area is 115 Å². The number of guanidine groups is 1. The molecule has 0 amide bonds. The van der Waals surface area contributed by atoms with Crippen LogP contribution in [0.15, 0.2) is 0 Å². The minimum atomic E-state index is 0.505. The van der Waals surface area contributed by atoms with Crippen LogP contribution < -0.4 is 16.1 Å². The highest BCUT2D eigenvalue weighted by Crippen LogP contribution is 2.02. The van der Waals surface area contributed by atoms with Crippen molar-refractivity contribution in [1.29, 1.82) is 5.41 Å². The van der Waals surface area contributed by atoms with Gasteiger partial charge in [-0.05, 0) is 6.42 Å². The van der Waals surface area contributed by atoms with Crippen molar-refractivity contribution in [3.8, 4) is 0 Å². The van der Waals surface area contributed by atoms with Gasteiger partial charge in [0.1, 0.15) is 0 Å². The lowest BCUT2D eigenvalue weighted by Gasteiger charge is -2.40. The smallest absolute Gasteiger partial charge is 0.220 e. The van der Waals surface area contributed by atoms with Crippen molar-refractivity contribution in [2.75, 3.05) is 58.9 Å². The Bertz CT molecular complexity index is 271. The summed E-state index contributed by atoms with van der Waals surface area (Å²) in [5.41, 5.74) is 3.24. The van der Waals surface area contributed by atoms with Crippen LogP contribution in [0.3, 0.4) is 0 Å². The summed E-state index contributed by atoms with van der Waals surface area (Å²) in [5, 5.41) is 21.5. The second-order valence-electron chi connectivity index (χ2n) is 5.02. The molecule has 2 aliphatic heterocycles. The number of hydrogen-bond acceptors (Lipinski definition) is 5. The minimum Gasteiger partial charge on any atom is -0.314 e. The second-order valence-corrected chi connectivity index (χ2v) is 5.02. The second kappa shape index (κ2) is 7.64. The van der Waals surface area contributed by atoms with Gasteiger partial charge in [0.15, 0.2) is 0 Å². The van der Waals surface area contributed by atoms with Crippen LogP contribution >= 0.6 is 0 Å².